The van der Waals surface area contributed by atoms with Crippen LogP contribution in [0.5, 0.6) is 0 Å². The van der Waals surface area contributed by atoms with Gasteiger partial charge in [-0.25, -0.2) is 4.98 Å². The first kappa shape index (κ1) is 17.4. The van der Waals surface area contributed by atoms with Crippen LogP contribution in [0.1, 0.15) is 37.9 Å². The van der Waals surface area contributed by atoms with Gasteiger partial charge in [0.2, 0.25) is 0 Å². The van der Waals surface area contributed by atoms with Gasteiger partial charge >= 0.3 is 0 Å². The molecule has 6 rings (SSSR count). The van der Waals surface area contributed by atoms with Crippen molar-refractivity contribution in [2.75, 3.05) is 31.1 Å². The first-order valence-electron chi connectivity index (χ1n) is 11.2. The Kier molecular flexibility index (Phi) is 4.26. The molecule has 3 aliphatic rings. The Labute approximate surface area is 171 Å². The third-order valence-corrected chi connectivity index (χ3v) is 7.03. The zero-order valence-corrected chi connectivity index (χ0v) is 16.9. The van der Waals surface area contributed by atoms with Crippen molar-refractivity contribution in [2.45, 2.75) is 51.1 Å². The summed E-state index contributed by atoms with van der Waals surface area (Å²) in [5.74, 6) is 2.23. The van der Waals surface area contributed by atoms with Gasteiger partial charge in [-0.05, 0) is 49.9 Å². The van der Waals surface area contributed by atoms with E-state index < -0.39 is 0 Å². The first-order valence-corrected chi connectivity index (χ1v) is 11.2. The highest BCUT2D eigenvalue weighted by Gasteiger charge is 2.27. The second-order valence-electron chi connectivity index (χ2n) is 8.72. The molecule has 6 heteroatoms. The highest BCUT2D eigenvalue weighted by atomic mass is 15.3. The lowest BCUT2D eigenvalue weighted by Gasteiger charge is -2.36. The lowest BCUT2D eigenvalue weighted by molar-refractivity contribution is 0.130. The van der Waals surface area contributed by atoms with Crippen molar-refractivity contribution in [1.82, 2.24) is 24.6 Å². The van der Waals surface area contributed by atoms with Gasteiger partial charge in [-0.1, -0.05) is 12.5 Å². The Morgan fingerprint density at radius 2 is 1.72 bits per heavy atom. The number of rotatable bonds is 3. The molecule has 1 saturated heterocycles. The monoisotopic (exact) mass is 388 g/mol. The van der Waals surface area contributed by atoms with Crippen LogP contribution < -0.4 is 4.90 Å². The fourth-order valence-corrected chi connectivity index (χ4v) is 5.07. The van der Waals surface area contributed by atoms with Crippen LogP contribution in [0.15, 0.2) is 30.3 Å². The largest absolute Gasteiger partial charge is 0.355 e. The molecular formula is C23H28N6. The molecule has 0 N–H and O–H groups in total. The summed E-state index contributed by atoms with van der Waals surface area (Å²) >= 11 is 0. The summed E-state index contributed by atoms with van der Waals surface area (Å²) in [7, 11) is 0. The van der Waals surface area contributed by atoms with E-state index in [1.165, 1.54) is 43.4 Å². The third-order valence-electron chi connectivity index (χ3n) is 7.03. The van der Waals surface area contributed by atoms with Gasteiger partial charge in [0, 0.05) is 50.7 Å². The van der Waals surface area contributed by atoms with Crippen LogP contribution in [-0.2, 0) is 13.0 Å². The fourth-order valence-electron chi connectivity index (χ4n) is 5.07. The zero-order chi connectivity index (χ0) is 19.2. The molecule has 0 unspecified atom stereocenters. The molecular weight excluding hydrogens is 360 g/mol. The van der Waals surface area contributed by atoms with Gasteiger partial charge in [-0.15, -0.1) is 10.2 Å². The molecule has 4 heterocycles. The van der Waals surface area contributed by atoms with Gasteiger partial charge in [-0.2, -0.15) is 0 Å². The van der Waals surface area contributed by atoms with Crippen LogP contribution in [0.25, 0.3) is 22.3 Å². The Hall–Kier alpha value is -2.47. The Balaban J connectivity index is 1.25. The maximum atomic E-state index is 5.00. The summed E-state index contributed by atoms with van der Waals surface area (Å²) in [6.45, 7) is 5.53. The molecule has 0 spiro atoms. The van der Waals surface area contributed by atoms with Crippen molar-refractivity contribution in [3.05, 3.63) is 36.2 Å². The zero-order valence-electron chi connectivity index (χ0n) is 16.9. The highest BCUT2D eigenvalue weighted by molar-refractivity contribution is 5.82. The van der Waals surface area contributed by atoms with E-state index in [1.807, 2.05) is 0 Å². The van der Waals surface area contributed by atoms with Gasteiger partial charge in [0.15, 0.2) is 5.82 Å². The van der Waals surface area contributed by atoms with Crippen molar-refractivity contribution in [3.63, 3.8) is 0 Å². The minimum absolute atomic E-state index is 0.819. The fraction of sp³-hybridized carbons (Fsp3) is 0.522. The number of fused-ring (bicyclic) bond motifs is 3. The number of benzene rings is 1. The van der Waals surface area contributed by atoms with E-state index in [0.717, 1.165) is 67.8 Å². The molecule has 6 nitrogen and oxygen atoms in total. The molecule has 0 atom stereocenters. The maximum absolute atomic E-state index is 5.00. The van der Waals surface area contributed by atoms with E-state index in [4.69, 9.17) is 4.98 Å². The quantitative estimate of drug-likeness (QED) is 0.687. The number of aromatic nitrogens is 4. The molecule has 150 valence electrons. The topological polar surface area (TPSA) is 50.1 Å². The highest BCUT2D eigenvalue weighted by Crippen LogP contribution is 2.29. The van der Waals surface area contributed by atoms with Gasteiger partial charge in [0.25, 0.3) is 0 Å². The van der Waals surface area contributed by atoms with Crippen molar-refractivity contribution >= 4 is 16.9 Å². The number of hydrogen-bond donors (Lipinski definition) is 0. The second kappa shape index (κ2) is 7.10. The second-order valence-corrected chi connectivity index (χ2v) is 8.72. The molecule has 0 bridgehead atoms. The van der Waals surface area contributed by atoms with E-state index in [9.17, 15) is 0 Å². The molecule has 29 heavy (non-hydrogen) atoms. The van der Waals surface area contributed by atoms with Crippen LogP contribution in [0.2, 0.25) is 0 Å². The van der Waals surface area contributed by atoms with Crippen molar-refractivity contribution in [3.8, 4) is 11.3 Å². The number of nitrogens with zero attached hydrogens (tertiary/aromatic N) is 6. The molecule has 1 aromatic carbocycles. The molecule has 2 fully saturated rings. The molecule has 0 amide bonds. The van der Waals surface area contributed by atoms with E-state index in [1.54, 1.807) is 0 Å². The van der Waals surface area contributed by atoms with Gasteiger partial charge in [0.1, 0.15) is 5.82 Å². The van der Waals surface area contributed by atoms with E-state index in [2.05, 4.69) is 54.9 Å². The van der Waals surface area contributed by atoms with Crippen LogP contribution in [0, 0.1) is 0 Å². The smallest absolute Gasteiger partial charge is 0.151 e. The Morgan fingerprint density at radius 3 is 2.48 bits per heavy atom. The summed E-state index contributed by atoms with van der Waals surface area (Å²) in [4.78, 5) is 9.99. The molecule has 2 aliphatic heterocycles. The van der Waals surface area contributed by atoms with Crippen molar-refractivity contribution < 1.29 is 0 Å². The minimum Gasteiger partial charge on any atom is -0.355 e. The van der Waals surface area contributed by atoms with Crippen LogP contribution in [0.4, 0.5) is 5.82 Å². The third kappa shape index (κ3) is 3.10. The first-order chi connectivity index (χ1) is 14.3. The predicted octanol–water partition coefficient (Wildman–Crippen LogP) is 3.50. The summed E-state index contributed by atoms with van der Waals surface area (Å²) in [5.41, 5.74) is 4.36. The molecule has 0 radical (unpaired) electrons. The lowest BCUT2D eigenvalue weighted by Crippen LogP contribution is -2.41. The van der Waals surface area contributed by atoms with E-state index in [-0.39, 0.29) is 0 Å². The summed E-state index contributed by atoms with van der Waals surface area (Å²) in [5, 5.41) is 8.99. The van der Waals surface area contributed by atoms with Crippen LogP contribution >= 0.6 is 0 Å². The van der Waals surface area contributed by atoms with Gasteiger partial charge in [-0.3, -0.25) is 4.90 Å². The summed E-state index contributed by atoms with van der Waals surface area (Å²) in [6.07, 6.45) is 7.71. The predicted molar refractivity (Wildman–Crippen MR) is 115 cm³/mol. The summed E-state index contributed by atoms with van der Waals surface area (Å²) in [6, 6.07) is 11.6. The van der Waals surface area contributed by atoms with Crippen LogP contribution in [0.3, 0.4) is 0 Å². The van der Waals surface area contributed by atoms with E-state index >= 15 is 0 Å². The van der Waals surface area contributed by atoms with Crippen molar-refractivity contribution in [2.24, 2.45) is 0 Å². The van der Waals surface area contributed by atoms with Gasteiger partial charge in [0.05, 0.1) is 16.7 Å². The molecule has 2 aromatic heterocycles. The molecule has 1 aliphatic carbocycles. The SMILES string of the molecule is c1cc2c(cc1-c1ccc(N3CCCC3)nn1)nc1n2CCN(C2CCC2)CC1. The Morgan fingerprint density at radius 1 is 0.828 bits per heavy atom. The van der Waals surface area contributed by atoms with Crippen molar-refractivity contribution in [1.29, 1.82) is 0 Å². The standard InChI is InChI=1S/C23H28N6/c1-2-12-28(11-1)23-9-7-19(25-26-23)17-6-8-21-20(16-17)24-22-10-13-27(14-15-29(21)22)18-4-3-5-18/h6-9,16,18H,1-5,10-15H2. The van der Waals surface area contributed by atoms with E-state index in [0.29, 0.717) is 0 Å². The number of imidazole rings is 1. The molecule has 1 saturated carbocycles. The average molecular weight is 389 g/mol. The Bertz CT molecular complexity index is 1010. The summed E-state index contributed by atoms with van der Waals surface area (Å²) < 4.78 is 2.43. The normalized spacial score (nSPS) is 20.6. The maximum Gasteiger partial charge on any atom is 0.151 e. The number of hydrogen-bond acceptors (Lipinski definition) is 5. The molecule has 3 aromatic rings. The van der Waals surface area contributed by atoms with Gasteiger partial charge < -0.3 is 9.47 Å². The lowest BCUT2D eigenvalue weighted by atomic mass is 9.91. The van der Waals surface area contributed by atoms with Crippen LogP contribution in [-0.4, -0.2) is 56.9 Å². The minimum atomic E-state index is 0.819. The number of anilines is 1. The average Bonchev–Trinajstić information content (AvgIpc) is 3.32.